The molecule has 0 saturated heterocycles. The molecule has 0 unspecified atom stereocenters. The molecule has 0 atom stereocenters. The molecule has 136 valence electrons. The molecule has 0 bridgehead atoms. The van der Waals surface area contributed by atoms with Crippen molar-refractivity contribution in [2.45, 2.75) is 12.8 Å². The van der Waals surface area contributed by atoms with E-state index >= 15 is 0 Å². The molecule has 2 N–H and O–H groups in total. The number of hydrogen-bond donors (Lipinski definition) is 2. The van der Waals surface area contributed by atoms with E-state index in [1.54, 1.807) is 35.2 Å². The van der Waals surface area contributed by atoms with Gasteiger partial charge in [-0.2, -0.15) is 5.10 Å². The number of nitrogens with zero attached hydrogens (tertiary/aromatic N) is 3. The Labute approximate surface area is 156 Å². The summed E-state index contributed by atoms with van der Waals surface area (Å²) in [4.78, 5) is 5.60. The van der Waals surface area contributed by atoms with Crippen molar-refractivity contribution in [3.05, 3.63) is 70.4 Å². The van der Waals surface area contributed by atoms with E-state index in [4.69, 9.17) is 0 Å². The molecule has 2 heterocycles. The van der Waals surface area contributed by atoms with Gasteiger partial charge in [0, 0.05) is 37.6 Å². The maximum Gasteiger partial charge on any atom is 0.191 e. The van der Waals surface area contributed by atoms with Crippen LogP contribution in [0.4, 0.5) is 4.39 Å². The van der Waals surface area contributed by atoms with E-state index in [1.165, 1.54) is 17.0 Å². The minimum atomic E-state index is -0.247. The van der Waals surface area contributed by atoms with E-state index in [0.29, 0.717) is 0 Å². The van der Waals surface area contributed by atoms with Crippen LogP contribution in [-0.2, 0) is 12.8 Å². The summed E-state index contributed by atoms with van der Waals surface area (Å²) in [6, 6.07) is 12.5. The van der Waals surface area contributed by atoms with Gasteiger partial charge in [0.15, 0.2) is 5.96 Å². The lowest BCUT2D eigenvalue weighted by molar-refractivity contribution is 0.627. The van der Waals surface area contributed by atoms with E-state index in [9.17, 15) is 4.39 Å². The van der Waals surface area contributed by atoms with Crippen LogP contribution in [0.15, 0.2) is 59.0 Å². The topological polar surface area (TPSA) is 54.2 Å². The van der Waals surface area contributed by atoms with Gasteiger partial charge in [-0.25, -0.2) is 9.07 Å². The van der Waals surface area contributed by atoms with E-state index in [1.807, 2.05) is 12.3 Å². The highest BCUT2D eigenvalue weighted by atomic mass is 32.1. The fourth-order valence-electron chi connectivity index (χ4n) is 2.52. The van der Waals surface area contributed by atoms with Gasteiger partial charge in [0.05, 0.1) is 11.4 Å². The number of thiophene rings is 1. The van der Waals surface area contributed by atoms with Crippen LogP contribution in [0.25, 0.3) is 5.69 Å². The van der Waals surface area contributed by atoms with Gasteiger partial charge in [-0.15, -0.1) is 11.3 Å². The molecule has 0 saturated carbocycles. The second kappa shape index (κ2) is 9.15. The van der Waals surface area contributed by atoms with Crippen LogP contribution in [0.3, 0.4) is 0 Å². The standard InChI is InChI=1S/C19H22FN5S/c1-21-19(23-12-9-18-3-2-14-26-18)22-11-8-16-10-13-25(24-16)17-6-4-15(20)5-7-17/h2-7,10,13-14H,8-9,11-12H2,1H3,(H2,21,22,23). The van der Waals surface area contributed by atoms with Crippen LogP contribution in [0.5, 0.6) is 0 Å². The van der Waals surface area contributed by atoms with Gasteiger partial charge in [0.2, 0.25) is 0 Å². The molecule has 0 aliphatic carbocycles. The van der Waals surface area contributed by atoms with Crippen molar-refractivity contribution < 1.29 is 4.39 Å². The van der Waals surface area contributed by atoms with Crippen molar-refractivity contribution in [2.75, 3.05) is 20.1 Å². The Hall–Kier alpha value is -2.67. The Balaban J connectivity index is 1.43. The summed E-state index contributed by atoms with van der Waals surface area (Å²) < 4.78 is 14.8. The van der Waals surface area contributed by atoms with E-state index in [2.05, 4.69) is 38.2 Å². The SMILES string of the molecule is CN=C(NCCc1ccn(-c2ccc(F)cc2)n1)NCCc1cccs1. The van der Waals surface area contributed by atoms with E-state index in [-0.39, 0.29) is 5.82 Å². The lowest BCUT2D eigenvalue weighted by atomic mass is 10.3. The average molecular weight is 371 g/mol. The number of hydrogen-bond acceptors (Lipinski definition) is 3. The Morgan fingerprint density at radius 1 is 1.12 bits per heavy atom. The van der Waals surface area contributed by atoms with Crippen molar-refractivity contribution in [1.82, 2.24) is 20.4 Å². The monoisotopic (exact) mass is 371 g/mol. The molecule has 0 fully saturated rings. The second-order valence-corrected chi connectivity index (χ2v) is 6.77. The third-order valence-electron chi connectivity index (χ3n) is 3.88. The van der Waals surface area contributed by atoms with Gasteiger partial charge in [0.1, 0.15) is 5.82 Å². The summed E-state index contributed by atoms with van der Waals surface area (Å²) in [6.07, 6.45) is 3.65. The molecule has 0 radical (unpaired) electrons. The highest BCUT2D eigenvalue weighted by Crippen LogP contribution is 2.09. The number of nitrogens with one attached hydrogen (secondary N) is 2. The van der Waals surface area contributed by atoms with Crippen molar-refractivity contribution in [3.63, 3.8) is 0 Å². The van der Waals surface area contributed by atoms with Crippen LogP contribution in [-0.4, -0.2) is 35.9 Å². The van der Waals surface area contributed by atoms with Crippen molar-refractivity contribution in [1.29, 1.82) is 0 Å². The minimum Gasteiger partial charge on any atom is -0.356 e. The van der Waals surface area contributed by atoms with Gasteiger partial charge in [0.25, 0.3) is 0 Å². The molecule has 3 rings (SSSR count). The summed E-state index contributed by atoms with van der Waals surface area (Å²) >= 11 is 1.77. The number of halogens is 1. The molecule has 7 heteroatoms. The first kappa shape index (κ1) is 18.1. The first-order valence-corrected chi connectivity index (χ1v) is 9.40. The average Bonchev–Trinajstić information content (AvgIpc) is 3.33. The fraction of sp³-hybridized carbons (Fsp3) is 0.263. The van der Waals surface area contributed by atoms with Crippen LogP contribution < -0.4 is 10.6 Å². The zero-order valence-corrected chi connectivity index (χ0v) is 15.5. The molecule has 3 aromatic rings. The Morgan fingerprint density at radius 2 is 1.88 bits per heavy atom. The summed E-state index contributed by atoms with van der Waals surface area (Å²) in [5.41, 5.74) is 1.81. The Bertz CT molecular complexity index is 824. The van der Waals surface area contributed by atoms with Gasteiger partial charge in [-0.3, -0.25) is 4.99 Å². The number of benzene rings is 1. The van der Waals surface area contributed by atoms with Crippen LogP contribution >= 0.6 is 11.3 Å². The Kier molecular flexibility index (Phi) is 6.38. The first-order valence-electron chi connectivity index (χ1n) is 8.52. The molecular weight excluding hydrogens is 349 g/mol. The summed E-state index contributed by atoms with van der Waals surface area (Å²) in [7, 11) is 1.77. The maximum atomic E-state index is 13.0. The number of aromatic nitrogens is 2. The van der Waals surface area contributed by atoms with Crippen LogP contribution in [0.1, 0.15) is 10.6 Å². The summed E-state index contributed by atoms with van der Waals surface area (Å²) in [6.45, 7) is 1.58. The molecule has 5 nitrogen and oxygen atoms in total. The van der Waals surface area contributed by atoms with E-state index in [0.717, 1.165) is 43.3 Å². The van der Waals surface area contributed by atoms with Crippen molar-refractivity contribution in [3.8, 4) is 5.69 Å². The smallest absolute Gasteiger partial charge is 0.191 e. The van der Waals surface area contributed by atoms with E-state index < -0.39 is 0 Å². The minimum absolute atomic E-state index is 0.247. The largest absolute Gasteiger partial charge is 0.356 e. The van der Waals surface area contributed by atoms with Crippen LogP contribution in [0, 0.1) is 5.82 Å². The molecule has 0 amide bonds. The lowest BCUT2D eigenvalue weighted by Crippen LogP contribution is -2.39. The maximum absolute atomic E-state index is 13.0. The van der Waals surface area contributed by atoms with Gasteiger partial charge < -0.3 is 10.6 Å². The van der Waals surface area contributed by atoms with Crippen LogP contribution in [0.2, 0.25) is 0 Å². The number of guanidine groups is 1. The lowest BCUT2D eigenvalue weighted by Gasteiger charge is -2.10. The number of aliphatic imine (C=N–C) groups is 1. The first-order chi connectivity index (χ1) is 12.7. The van der Waals surface area contributed by atoms with Crippen molar-refractivity contribution >= 4 is 17.3 Å². The third kappa shape index (κ3) is 5.16. The Morgan fingerprint density at radius 3 is 2.58 bits per heavy atom. The molecule has 2 aromatic heterocycles. The second-order valence-electron chi connectivity index (χ2n) is 5.73. The van der Waals surface area contributed by atoms with Crippen molar-refractivity contribution in [2.24, 2.45) is 4.99 Å². The highest BCUT2D eigenvalue weighted by molar-refractivity contribution is 7.09. The molecule has 0 aliphatic rings. The molecule has 0 aliphatic heterocycles. The summed E-state index contributed by atoms with van der Waals surface area (Å²) in [5, 5.41) is 13.2. The highest BCUT2D eigenvalue weighted by Gasteiger charge is 2.03. The molecule has 0 spiro atoms. The fourth-order valence-corrected chi connectivity index (χ4v) is 3.23. The third-order valence-corrected chi connectivity index (χ3v) is 4.81. The molecular formula is C19H22FN5S. The molecule has 26 heavy (non-hydrogen) atoms. The molecule has 1 aromatic carbocycles. The van der Waals surface area contributed by atoms with Gasteiger partial charge in [-0.1, -0.05) is 6.07 Å². The zero-order chi connectivity index (χ0) is 18.2. The summed E-state index contributed by atoms with van der Waals surface area (Å²) in [5.74, 6) is 0.544. The van der Waals surface area contributed by atoms with Gasteiger partial charge in [-0.05, 0) is 48.2 Å². The predicted octanol–water partition coefficient (Wildman–Crippen LogP) is 3.02. The predicted molar refractivity (Wildman–Crippen MR) is 105 cm³/mol. The normalized spacial score (nSPS) is 11.5. The quantitative estimate of drug-likeness (QED) is 0.496. The van der Waals surface area contributed by atoms with Gasteiger partial charge >= 0.3 is 0 Å². The number of rotatable bonds is 7. The zero-order valence-electron chi connectivity index (χ0n) is 14.7.